The van der Waals surface area contributed by atoms with Crippen molar-refractivity contribution < 1.29 is 14.7 Å². The maximum Gasteiger partial charge on any atom is 0.223 e. The van der Waals surface area contributed by atoms with Crippen molar-refractivity contribution in [3.63, 3.8) is 0 Å². The van der Waals surface area contributed by atoms with Gasteiger partial charge in [0.15, 0.2) is 0 Å². The monoisotopic (exact) mass is 270 g/mol. The van der Waals surface area contributed by atoms with Crippen LogP contribution < -0.4 is 10.6 Å². The number of aliphatic hydroxyl groups is 1. The van der Waals surface area contributed by atoms with Crippen LogP contribution in [0, 0.1) is 17.3 Å². The first-order valence-corrected chi connectivity index (χ1v) is 6.96. The molecule has 1 aliphatic rings. The fraction of sp³-hybridized carbons (Fsp3) is 0.857. The van der Waals surface area contributed by atoms with Gasteiger partial charge < -0.3 is 15.7 Å². The molecule has 3 N–H and O–H groups in total. The third-order valence-electron chi connectivity index (χ3n) is 3.77. The van der Waals surface area contributed by atoms with E-state index in [4.69, 9.17) is 0 Å². The molecule has 1 rings (SSSR count). The molecule has 0 bridgehead atoms. The third kappa shape index (κ3) is 4.49. The molecule has 19 heavy (non-hydrogen) atoms. The fourth-order valence-electron chi connectivity index (χ4n) is 2.47. The van der Waals surface area contributed by atoms with E-state index in [0.717, 1.165) is 0 Å². The molecule has 2 amide bonds. The number of carbonyl (C=O) groups excluding carboxylic acids is 2. The minimum atomic E-state index is -0.470. The minimum absolute atomic E-state index is 0.0622. The summed E-state index contributed by atoms with van der Waals surface area (Å²) in [7, 11) is 0. The summed E-state index contributed by atoms with van der Waals surface area (Å²) in [6.45, 7) is 8.77. The van der Waals surface area contributed by atoms with Gasteiger partial charge in [-0.25, -0.2) is 0 Å². The van der Waals surface area contributed by atoms with Gasteiger partial charge in [0.1, 0.15) is 0 Å². The minimum Gasteiger partial charge on any atom is -0.392 e. The summed E-state index contributed by atoms with van der Waals surface area (Å²) in [5.41, 5.74) is -0.374. The smallest absolute Gasteiger partial charge is 0.223 e. The second kappa shape index (κ2) is 6.37. The Bertz CT molecular complexity index is 340. The Morgan fingerprint density at radius 1 is 1.53 bits per heavy atom. The molecule has 5 nitrogen and oxygen atoms in total. The lowest BCUT2D eigenvalue weighted by Gasteiger charge is -2.34. The van der Waals surface area contributed by atoms with Gasteiger partial charge in [-0.3, -0.25) is 9.59 Å². The van der Waals surface area contributed by atoms with Gasteiger partial charge in [-0.15, -0.1) is 0 Å². The van der Waals surface area contributed by atoms with Crippen LogP contribution in [0.5, 0.6) is 0 Å². The summed E-state index contributed by atoms with van der Waals surface area (Å²) in [4.78, 5) is 23.3. The van der Waals surface area contributed by atoms with Crippen molar-refractivity contribution in [2.75, 3.05) is 13.1 Å². The Morgan fingerprint density at radius 3 is 2.68 bits per heavy atom. The van der Waals surface area contributed by atoms with E-state index in [1.54, 1.807) is 0 Å². The van der Waals surface area contributed by atoms with Gasteiger partial charge in [0.05, 0.1) is 6.10 Å². The third-order valence-corrected chi connectivity index (χ3v) is 3.77. The van der Waals surface area contributed by atoms with Gasteiger partial charge in [-0.1, -0.05) is 27.7 Å². The molecular formula is C14H26N2O3. The predicted molar refractivity (Wildman–Crippen MR) is 73.4 cm³/mol. The van der Waals surface area contributed by atoms with Crippen LogP contribution in [-0.4, -0.2) is 36.1 Å². The molecule has 0 radical (unpaired) electrons. The van der Waals surface area contributed by atoms with Crippen LogP contribution in [0.2, 0.25) is 0 Å². The second-order valence-corrected chi connectivity index (χ2v) is 6.43. The van der Waals surface area contributed by atoms with E-state index >= 15 is 0 Å². The van der Waals surface area contributed by atoms with Crippen LogP contribution in [0.15, 0.2) is 0 Å². The maximum atomic E-state index is 12.0. The molecule has 2 atom stereocenters. The Labute approximate surface area is 115 Å². The highest BCUT2D eigenvalue weighted by Crippen LogP contribution is 2.25. The van der Waals surface area contributed by atoms with E-state index < -0.39 is 6.10 Å². The largest absolute Gasteiger partial charge is 0.392 e. The molecule has 1 aliphatic heterocycles. The molecule has 0 spiro atoms. The zero-order valence-electron chi connectivity index (χ0n) is 12.3. The van der Waals surface area contributed by atoms with Gasteiger partial charge in [0.2, 0.25) is 11.8 Å². The molecule has 1 heterocycles. The molecule has 1 fully saturated rings. The van der Waals surface area contributed by atoms with Gasteiger partial charge >= 0.3 is 0 Å². The predicted octanol–water partition coefficient (Wildman–Crippen LogP) is 0.672. The fourth-order valence-corrected chi connectivity index (χ4v) is 2.47. The molecular weight excluding hydrogens is 244 g/mol. The molecule has 2 unspecified atom stereocenters. The number of aliphatic hydroxyl groups excluding tert-OH is 1. The molecule has 5 heteroatoms. The van der Waals surface area contributed by atoms with Crippen molar-refractivity contribution in [3.05, 3.63) is 0 Å². The lowest BCUT2D eigenvalue weighted by molar-refractivity contribution is -0.133. The molecule has 110 valence electrons. The van der Waals surface area contributed by atoms with E-state index in [-0.39, 0.29) is 35.5 Å². The molecule has 0 aliphatic carbocycles. The summed E-state index contributed by atoms with van der Waals surface area (Å²) in [6.07, 6.45) is 0.478. The first-order valence-electron chi connectivity index (χ1n) is 6.96. The van der Waals surface area contributed by atoms with Gasteiger partial charge in [0.25, 0.3) is 0 Å². The Balaban J connectivity index is 2.47. The average Bonchev–Trinajstić information content (AvgIpc) is 2.35. The van der Waals surface area contributed by atoms with E-state index in [9.17, 15) is 14.7 Å². The van der Waals surface area contributed by atoms with Crippen molar-refractivity contribution in [1.29, 1.82) is 0 Å². The molecule has 0 aromatic rings. The Morgan fingerprint density at radius 2 is 2.16 bits per heavy atom. The standard InChI is InChI=1S/C14H26N2O3/c1-9(2)12(18)14(3,4)8-16-13(19)10-5-6-15-11(17)7-10/h9-10,12,18H,5-8H2,1-4H3,(H,15,17)(H,16,19). The summed E-state index contributed by atoms with van der Waals surface area (Å²) in [5.74, 6) is -0.236. The van der Waals surface area contributed by atoms with E-state index in [2.05, 4.69) is 10.6 Å². The molecule has 0 aromatic carbocycles. The van der Waals surface area contributed by atoms with Crippen molar-refractivity contribution in [2.24, 2.45) is 17.3 Å². The van der Waals surface area contributed by atoms with Crippen LogP contribution in [0.25, 0.3) is 0 Å². The Hall–Kier alpha value is -1.10. The number of rotatable bonds is 5. The summed E-state index contributed by atoms with van der Waals surface area (Å²) in [5, 5.41) is 15.7. The number of hydrogen-bond acceptors (Lipinski definition) is 3. The van der Waals surface area contributed by atoms with Crippen molar-refractivity contribution in [2.45, 2.75) is 46.6 Å². The molecule has 1 saturated heterocycles. The average molecular weight is 270 g/mol. The topological polar surface area (TPSA) is 78.4 Å². The highest BCUT2D eigenvalue weighted by molar-refractivity contribution is 5.86. The number of piperidine rings is 1. The highest BCUT2D eigenvalue weighted by atomic mass is 16.3. The van der Waals surface area contributed by atoms with E-state index in [1.807, 2.05) is 27.7 Å². The van der Waals surface area contributed by atoms with Crippen LogP contribution in [0.1, 0.15) is 40.5 Å². The first-order chi connectivity index (χ1) is 8.74. The zero-order chi connectivity index (χ0) is 14.6. The van der Waals surface area contributed by atoms with Crippen LogP contribution in [0.4, 0.5) is 0 Å². The molecule has 0 aromatic heterocycles. The lowest BCUT2D eigenvalue weighted by atomic mass is 9.80. The maximum absolute atomic E-state index is 12.0. The highest BCUT2D eigenvalue weighted by Gasteiger charge is 2.32. The van der Waals surface area contributed by atoms with Crippen molar-refractivity contribution in [3.8, 4) is 0 Å². The van der Waals surface area contributed by atoms with Gasteiger partial charge in [-0.2, -0.15) is 0 Å². The van der Waals surface area contributed by atoms with Crippen LogP contribution >= 0.6 is 0 Å². The SMILES string of the molecule is CC(C)C(O)C(C)(C)CNC(=O)C1CCNC(=O)C1. The number of carbonyl (C=O) groups is 2. The molecule has 0 saturated carbocycles. The summed E-state index contributed by atoms with van der Waals surface area (Å²) in [6, 6.07) is 0. The van der Waals surface area contributed by atoms with Crippen molar-refractivity contribution in [1.82, 2.24) is 10.6 Å². The number of amides is 2. The van der Waals surface area contributed by atoms with Crippen LogP contribution in [-0.2, 0) is 9.59 Å². The van der Waals surface area contributed by atoms with Crippen LogP contribution in [0.3, 0.4) is 0 Å². The Kier molecular flexibility index (Phi) is 5.35. The lowest BCUT2D eigenvalue weighted by Crippen LogP contribution is -2.47. The quantitative estimate of drug-likeness (QED) is 0.687. The number of hydrogen-bond donors (Lipinski definition) is 3. The number of nitrogens with one attached hydrogen (secondary N) is 2. The van der Waals surface area contributed by atoms with Crippen molar-refractivity contribution >= 4 is 11.8 Å². The van der Waals surface area contributed by atoms with E-state index in [1.165, 1.54) is 0 Å². The van der Waals surface area contributed by atoms with E-state index in [0.29, 0.717) is 19.5 Å². The normalized spacial score (nSPS) is 22.0. The first kappa shape index (κ1) is 16.0. The summed E-state index contributed by atoms with van der Waals surface area (Å²) < 4.78 is 0. The zero-order valence-corrected chi connectivity index (χ0v) is 12.3. The second-order valence-electron chi connectivity index (χ2n) is 6.43. The summed E-state index contributed by atoms with van der Waals surface area (Å²) >= 11 is 0. The van der Waals surface area contributed by atoms with Gasteiger partial charge in [0, 0.05) is 30.8 Å². The van der Waals surface area contributed by atoms with Gasteiger partial charge in [-0.05, 0) is 12.3 Å².